The number of aliphatic hydroxyl groups is 1. The van der Waals surface area contributed by atoms with E-state index in [0.717, 1.165) is 12.8 Å². The van der Waals surface area contributed by atoms with Crippen molar-refractivity contribution < 1.29 is 18.3 Å². The number of alkyl halides is 3. The van der Waals surface area contributed by atoms with E-state index in [1.807, 2.05) is 0 Å². The van der Waals surface area contributed by atoms with Crippen LogP contribution in [0.15, 0.2) is 18.5 Å². The number of aliphatic hydroxyl groups excluding tert-OH is 1. The summed E-state index contributed by atoms with van der Waals surface area (Å²) < 4.78 is 38.5. The summed E-state index contributed by atoms with van der Waals surface area (Å²) in [6.45, 7) is 4.81. The van der Waals surface area contributed by atoms with Crippen LogP contribution in [0.3, 0.4) is 0 Å². The summed E-state index contributed by atoms with van der Waals surface area (Å²) >= 11 is 0. The second-order valence-corrected chi connectivity index (χ2v) is 4.27. The predicted octanol–water partition coefficient (Wildman–Crippen LogP) is 3.52. The first kappa shape index (κ1) is 14.1. The fraction of sp³-hybridized carbons (Fsp3) is 0.667. The van der Waals surface area contributed by atoms with Crippen molar-refractivity contribution in [2.24, 2.45) is 5.92 Å². The smallest absolute Gasteiger partial charge is 0.379 e. The van der Waals surface area contributed by atoms with Crippen molar-refractivity contribution in [1.29, 1.82) is 0 Å². The molecule has 0 aliphatic heterocycles. The van der Waals surface area contributed by atoms with Crippen molar-refractivity contribution in [3.63, 3.8) is 0 Å². The number of halogens is 3. The van der Waals surface area contributed by atoms with Crippen LogP contribution in [-0.2, 0) is 6.54 Å². The van der Waals surface area contributed by atoms with Gasteiger partial charge in [0.25, 0.3) is 0 Å². The van der Waals surface area contributed by atoms with Crippen molar-refractivity contribution in [2.75, 3.05) is 0 Å². The number of nitrogens with zero attached hydrogens (tertiary/aromatic N) is 1. The zero-order valence-electron chi connectivity index (χ0n) is 10.0. The molecule has 17 heavy (non-hydrogen) atoms. The van der Waals surface area contributed by atoms with Crippen LogP contribution in [-0.4, -0.2) is 15.8 Å². The van der Waals surface area contributed by atoms with E-state index in [1.165, 1.54) is 12.3 Å². The van der Waals surface area contributed by atoms with Gasteiger partial charge in [0.15, 0.2) is 6.10 Å². The highest BCUT2D eigenvalue weighted by Gasteiger charge is 2.39. The Hall–Kier alpha value is -0.970. The third-order valence-corrected chi connectivity index (χ3v) is 3.02. The van der Waals surface area contributed by atoms with Gasteiger partial charge in [-0.25, -0.2) is 0 Å². The first-order valence-corrected chi connectivity index (χ1v) is 5.78. The van der Waals surface area contributed by atoms with Gasteiger partial charge in [0.1, 0.15) is 0 Å². The van der Waals surface area contributed by atoms with Crippen molar-refractivity contribution in [1.82, 2.24) is 4.57 Å². The maximum atomic E-state index is 12.3. The molecule has 0 aliphatic rings. The molecule has 0 saturated heterocycles. The van der Waals surface area contributed by atoms with E-state index in [2.05, 4.69) is 13.8 Å². The summed E-state index contributed by atoms with van der Waals surface area (Å²) in [6.07, 6.45) is -2.04. The van der Waals surface area contributed by atoms with Crippen LogP contribution in [0.5, 0.6) is 0 Å². The predicted molar refractivity (Wildman–Crippen MR) is 59.5 cm³/mol. The Kier molecular flexibility index (Phi) is 4.62. The zero-order valence-corrected chi connectivity index (χ0v) is 10.0. The maximum Gasteiger partial charge on any atom is 0.418 e. The quantitative estimate of drug-likeness (QED) is 0.848. The van der Waals surface area contributed by atoms with E-state index < -0.39 is 12.3 Å². The van der Waals surface area contributed by atoms with Gasteiger partial charge in [0, 0.05) is 24.5 Å². The summed E-state index contributed by atoms with van der Waals surface area (Å²) in [4.78, 5) is 0. The van der Waals surface area contributed by atoms with E-state index in [9.17, 15) is 13.2 Å². The molecule has 5 heteroatoms. The van der Waals surface area contributed by atoms with Crippen LogP contribution in [0.25, 0.3) is 0 Å². The molecule has 1 rings (SSSR count). The minimum absolute atomic E-state index is 0.0940. The normalized spacial score (nSPS) is 14.3. The van der Waals surface area contributed by atoms with E-state index in [-0.39, 0.29) is 5.56 Å². The Morgan fingerprint density at radius 3 is 2.35 bits per heavy atom. The first-order chi connectivity index (χ1) is 7.88. The maximum absolute atomic E-state index is 12.3. The Bertz CT molecular complexity index is 342. The fourth-order valence-electron chi connectivity index (χ4n) is 1.77. The van der Waals surface area contributed by atoms with E-state index in [0.29, 0.717) is 12.5 Å². The molecule has 1 heterocycles. The van der Waals surface area contributed by atoms with Crippen LogP contribution in [0, 0.1) is 5.92 Å². The van der Waals surface area contributed by atoms with E-state index in [1.54, 1.807) is 10.8 Å². The van der Waals surface area contributed by atoms with Crippen molar-refractivity contribution in [3.05, 3.63) is 24.0 Å². The van der Waals surface area contributed by atoms with Crippen LogP contribution in [0.2, 0.25) is 0 Å². The highest BCUT2D eigenvalue weighted by atomic mass is 19.4. The molecular weight excluding hydrogens is 231 g/mol. The lowest BCUT2D eigenvalue weighted by atomic mass is 10.0. The second kappa shape index (κ2) is 5.58. The molecule has 0 aromatic carbocycles. The molecule has 2 nitrogen and oxygen atoms in total. The average molecular weight is 249 g/mol. The van der Waals surface area contributed by atoms with E-state index in [4.69, 9.17) is 5.11 Å². The van der Waals surface area contributed by atoms with Gasteiger partial charge in [-0.2, -0.15) is 13.2 Å². The molecule has 1 N–H and O–H groups in total. The third kappa shape index (κ3) is 3.77. The van der Waals surface area contributed by atoms with Crippen LogP contribution >= 0.6 is 0 Å². The van der Waals surface area contributed by atoms with Gasteiger partial charge < -0.3 is 9.67 Å². The van der Waals surface area contributed by atoms with Gasteiger partial charge in [-0.05, 0) is 12.0 Å². The molecule has 1 atom stereocenters. The molecule has 0 radical (unpaired) electrons. The summed E-state index contributed by atoms with van der Waals surface area (Å²) in [5.74, 6) is 0.457. The Labute approximate surface area is 99.1 Å². The third-order valence-electron chi connectivity index (χ3n) is 3.02. The van der Waals surface area contributed by atoms with Crippen LogP contribution in [0.1, 0.15) is 38.4 Å². The Morgan fingerprint density at radius 2 is 1.88 bits per heavy atom. The molecule has 1 aromatic rings. The molecule has 1 aromatic heterocycles. The number of aromatic nitrogens is 1. The summed E-state index contributed by atoms with van der Waals surface area (Å²) in [7, 11) is 0. The minimum Gasteiger partial charge on any atom is -0.379 e. The molecule has 0 aliphatic carbocycles. The molecule has 0 spiro atoms. The standard InChI is InChI=1S/C12H18F3NO/c1-3-9(4-2)7-16-6-5-10(8-16)11(17)12(13,14)15/h5-6,8-9,11,17H,3-4,7H2,1-2H3. The van der Waals surface area contributed by atoms with Gasteiger partial charge in [0.05, 0.1) is 0 Å². The molecule has 0 saturated carbocycles. The SMILES string of the molecule is CCC(CC)Cn1ccc(C(O)C(F)(F)F)c1. The number of hydrogen-bond acceptors (Lipinski definition) is 1. The topological polar surface area (TPSA) is 25.2 Å². The first-order valence-electron chi connectivity index (χ1n) is 5.78. The Balaban J connectivity index is 2.71. The van der Waals surface area contributed by atoms with Gasteiger partial charge >= 0.3 is 6.18 Å². The molecule has 98 valence electrons. The Morgan fingerprint density at radius 1 is 1.29 bits per heavy atom. The molecular formula is C12H18F3NO. The molecule has 0 amide bonds. The van der Waals surface area contributed by atoms with Gasteiger partial charge in [-0.3, -0.25) is 0 Å². The molecule has 0 bridgehead atoms. The molecule has 1 unspecified atom stereocenters. The van der Waals surface area contributed by atoms with Gasteiger partial charge in [-0.1, -0.05) is 26.7 Å². The lowest BCUT2D eigenvalue weighted by Gasteiger charge is -2.14. The lowest BCUT2D eigenvalue weighted by molar-refractivity contribution is -0.206. The largest absolute Gasteiger partial charge is 0.418 e. The number of hydrogen-bond donors (Lipinski definition) is 1. The number of rotatable bonds is 5. The highest BCUT2D eigenvalue weighted by molar-refractivity contribution is 5.15. The van der Waals surface area contributed by atoms with E-state index >= 15 is 0 Å². The zero-order chi connectivity index (χ0) is 13.1. The highest BCUT2D eigenvalue weighted by Crippen LogP contribution is 2.32. The summed E-state index contributed by atoms with van der Waals surface area (Å²) in [5, 5.41) is 9.08. The van der Waals surface area contributed by atoms with Crippen molar-refractivity contribution in [2.45, 2.75) is 45.5 Å². The van der Waals surface area contributed by atoms with Crippen molar-refractivity contribution >= 4 is 0 Å². The second-order valence-electron chi connectivity index (χ2n) is 4.27. The fourth-order valence-corrected chi connectivity index (χ4v) is 1.77. The van der Waals surface area contributed by atoms with Gasteiger partial charge in [-0.15, -0.1) is 0 Å². The molecule has 0 fully saturated rings. The van der Waals surface area contributed by atoms with Crippen LogP contribution < -0.4 is 0 Å². The van der Waals surface area contributed by atoms with Crippen LogP contribution in [0.4, 0.5) is 13.2 Å². The average Bonchev–Trinajstić information content (AvgIpc) is 2.71. The van der Waals surface area contributed by atoms with Crippen molar-refractivity contribution in [3.8, 4) is 0 Å². The monoisotopic (exact) mass is 249 g/mol. The summed E-state index contributed by atoms with van der Waals surface area (Å²) in [6, 6.07) is 1.32. The summed E-state index contributed by atoms with van der Waals surface area (Å²) in [5.41, 5.74) is -0.0940. The lowest BCUT2D eigenvalue weighted by Crippen LogP contribution is -2.19. The van der Waals surface area contributed by atoms with Gasteiger partial charge in [0.2, 0.25) is 0 Å². The minimum atomic E-state index is -4.60.